The molecule has 11 nitrogen and oxygen atoms in total. The molecule has 0 spiro atoms. The lowest BCUT2D eigenvalue weighted by molar-refractivity contribution is -0.115. The Morgan fingerprint density at radius 1 is 0.812 bits per heavy atom. The monoisotopic (exact) mass is 663 g/mol. The Balaban J connectivity index is 1.07. The zero-order valence-corrected chi connectivity index (χ0v) is 26.8. The van der Waals surface area contributed by atoms with Crippen LogP contribution in [0.25, 0.3) is 22.3 Å². The standard InChI is InChI=1S/C36H33N5O6S/c42-31(23-25-9-3-1-4-10-25)39-30-18-17-29(24-38-30)26-13-15-28(16-14-26)33(43)37-19-7-20-40-34(44)32(27-11-5-2-6-12-27)35-41(36(40)45)21-8-22-48(35,46)47/h1-6,9-18,24H,7-8,19-23H2,(H,37,43)(H,38,39,42). The molecule has 0 aliphatic carbocycles. The highest BCUT2D eigenvalue weighted by Crippen LogP contribution is 2.27. The summed E-state index contributed by atoms with van der Waals surface area (Å²) in [5.74, 6) is -0.161. The van der Waals surface area contributed by atoms with E-state index in [0.717, 1.165) is 21.3 Å². The zero-order chi connectivity index (χ0) is 33.7. The number of nitrogens with zero attached hydrogens (tertiary/aromatic N) is 3. The van der Waals surface area contributed by atoms with Gasteiger partial charge in [0.1, 0.15) is 5.82 Å². The third-order valence-corrected chi connectivity index (χ3v) is 9.93. The lowest BCUT2D eigenvalue weighted by Gasteiger charge is -2.23. The number of carbonyl (C=O) groups excluding carboxylic acids is 2. The molecule has 5 aromatic rings. The lowest BCUT2D eigenvalue weighted by Crippen LogP contribution is -2.45. The smallest absolute Gasteiger partial charge is 0.332 e. The summed E-state index contributed by atoms with van der Waals surface area (Å²) in [5, 5.41) is 5.39. The molecular formula is C36H33N5O6S. The van der Waals surface area contributed by atoms with Gasteiger partial charge < -0.3 is 10.6 Å². The number of aromatic nitrogens is 3. The van der Waals surface area contributed by atoms with Crippen LogP contribution in [0.2, 0.25) is 0 Å². The number of anilines is 1. The van der Waals surface area contributed by atoms with E-state index in [0.29, 0.717) is 16.9 Å². The number of benzene rings is 3. The Kier molecular flexibility index (Phi) is 9.44. The van der Waals surface area contributed by atoms with Crippen molar-refractivity contribution in [3.8, 4) is 22.3 Å². The molecule has 1 aliphatic heterocycles. The number of hydrogen-bond donors (Lipinski definition) is 2. The maximum Gasteiger partial charge on any atom is 0.332 e. The zero-order valence-electron chi connectivity index (χ0n) is 26.0. The minimum Gasteiger partial charge on any atom is -0.352 e. The summed E-state index contributed by atoms with van der Waals surface area (Å²) in [6.07, 6.45) is 2.46. The van der Waals surface area contributed by atoms with Gasteiger partial charge in [0.15, 0.2) is 14.9 Å². The van der Waals surface area contributed by atoms with E-state index in [4.69, 9.17) is 0 Å². The molecule has 244 valence electrons. The van der Waals surface area contributed by atoms with Gasteiger partial charge in [-0.25, -0.2) is 18.2 Å². The topological polar surface area (TPSA) is 149 Å². The normalized spacial score (nSPS) is 13.3. The predicted molar refractivity (Wildman–Crippen MR) is 182 cm³/mol. The van der Waals surface area contributed by atoms with Crippen molar-refractivity contribution in [2.24, 2.45) is 0 Å². The molecule has 0 atom stereocenters. The second kappa shape index (κ2) is 14.0. The van der Waals surface area contributed by atoms with Gasteiger partial charge >= 0.3 is 5.69 Å². The van der Waals surface area contributed by atoms with Gasteiger partial charge in [0.2, 0.25) is 5.91 Å². The number of carbonyl (C=O) groups is 2. The van der Waals surface area contributed by atoms with Crippen molar-refractivity contribution in [1.82, 2.24) is 19.4 Å². The van der Waals surface area contributed by atoms with Crippen molar-refractivity contribution in [3.05, 3.63) is 135 Å². The fourth-order valence-corrected chi connectivity index (χ4v) is 7.45. The highest BCUT2D eigenvalue weighted by molar-refractivity contribution is 7.91. The molecule has 2 aromatic heterocycles. The van der Waals surface area contributed by atoms with Crippen molar-refractivity contribution in [2.75, 3.05) is 17.6 Å². The van der Waals surface area contributed by atoms with Gasteiger partial charge in [-0.1, -0.05) is 72.8 Å². The molecule has 0 fully saturated rings. The summed E-state index contributed by atoms with van der Waals surface area (Å²) in [6.45, 7) is 0.396. The second-order valence-electron chi connectivity index (χ2n) is 11.4. The predicted octanol–water partition coefficient (Wildman–Crippen LogP) is 3.92. The van der Waals surface area contributed by atoms with Crippen LogP contribution in [0.5, 0.6) is 0 Å². The van der Waals surface area contributed by atoms with Crippen LogP contribution in [0.15, 0.2) is 118 Å². The van der Waals surface area contributed by atoms with E-state index >= 15 is 0 Å². The molecule has 1 aliphatic rings. The largest absolute Gasteiger partial charge is 0.352 e. The maximum absolute atomic E-state index is 13.6. The molecule has 0 bridgehead atoms. The minimum absolute atomic E-state index is 0.00308. The van der Waals surface area contributed by atoms with Crippen LogP contribution in [0.1, 0.15) is 28.8 Å². The van der Waals surface area contributed by atoms with Crippen LogP contribution in [-0.4, -0.2) is 46.6 Å². The summed E-state index contributed by atoms with van der Waals surface area (Å²) >= 11 is 0. The van der Waals surface area contributed by atoms with Crippen LogP contribution in [0, 0.1) is 0 Å². The van der Waals surface area contributed by atoms with E-state index < -0.39 is 21.1 Å². The molecule has 0 unspecified atom stereocenters. The first kappa shape index (κ1) is 32.3. The Labute approximate surface area is 276 Å². The molecule has 48 heavy (non-hydrogen) atoms. The first-order valence-electron chi connectivity index (χ1n) is 15.6. The Morgan fingerprint density at radius 3 is 2.19 bits per heavy atom. The van der Waals surface area contributed by atoms with Crippen molar-refractivity contribution < 1.29 is 18.0 Å². The second-order valence-corrected chi connectivity index (χ2v) is 13.5. The van der Waals surface area contributed by atoms with Crippen molar-refractivity contribution in [2.45, 2.75) is 37.4 Å². The van der Waals surface area contributed by atoms with E-state index in [2.05, 4.69) is 15.6 Å². The van der Waals surface area contributed by atoms with E-state index in [1.54, 1.807) is 66.9 Å². The molecule has 0 saturated carbocycles. The maximum atomic E-state index is 13.6. The Hall–Kier alpha value is -5.62. The molecular weight excluding hydrogens is 630 g/mol. The average Bonchev–Trinajstić information content (AvgIpc) is 3.09. The number of rotatable bonds is 10. The average molecular weight is 664 g/mol. The third kappa shape index (κ3) is 7.03. The van der Waals surface area contributed by atoms with Gasteiger partial charge in [0, 0.05) is 37.0 Å². The van der Waals surface area contributed by atoms with Crippen molar-refractivity contribution >= 4 is 27.5 Å². The van der Waals surface area contributed by atoms with Crippen LogP contribution in [-0.2, 0) is 34.1 Å². The summed E-state index contributed by atoms with van der Waals surface area (Å²) in [4.78, 5) is 56.4. The molecule has 0 radical (unpaired) electrons. The molecule has 0 saturated heterocycles. The van der Waals surface area contributed by atoms with Crippen LogP contribution >= 0.6 is 0 Å². The van der Waals surface area contributed by atoms with Gasteiger partial charge in [0.25, 0.3) is 11.5 Å². The number of nitrogens with one attached hydrogen (secondary N) is 2. The number of amides is 2. The number of hydrogen-bond acceptors (Lipinski definition) is 7. The summed E-state index contributed by atoms with van der Waals surface area (Å²) in [7, 11) is -3.81. The summed E-state index contributed by atoms with van der Waals surface area (Å²) in [5.41, 5.74) is 2.08. The molecule has 2 N–H and O–H groups in total. The van der Waals surface area contributed by atoms with E-state index in [1.807, 2.05) is 36.4 Å². The van der Waals surface area contributed by atoms with Crippen molar-refractivity contribution in [1.29, 1.82) is 0 Å². The quantitative estimate of drug-likeness (QED) is 0.170. The molecule has 2 amide bonds. The minimum atomic E-state index is -3.81. The van der Waals surface area contributed by atoms with Gasteiger partial charge in [-0.15, -0.1) is 0 Å². The van der Waals surface area contributed by atoms with Crippen LogP contribution < -0.4 is 21.9 Å². The first-order chi connectivity index (χ1) is 23.2. The van der Waals surface area contributed by atoms with Crippen LogP contribution in [0.4, 0.5) is 5.82 Å². The fraction of sp³-hybridized carbons (Fsp3) is 0.194. The molecule has 3 aromatic carbocycles. The van der Waals surface area contributed by atoms with Crippen LogP contribution in [0.3, 0.4) is 0 Å². The van der Waals surface area contributed by atoms with Gasteiger partial charge in [-0.3, -0.25) is 23.5 Å². The van der Waals surface area contributed by atoms with Gasteiger partial charge in [0.05, 0.1) is 17.7 Å². The number of pyridine rings is 1. The highest BCUT2D eigenvalue weighted by Gasteiger charge is 2.32. The van der Waals surface area contributed by atoms with Gasteiger partial charge in [-0.2, -0.15) is 0 Å². The summed E-state index contributed by atoms with van der Waals surface area (Å²) in [6, 6.07) is 28.5. The third-order valence-electron chi connectivity index (χ3n) is 8.09. The SMILES string of the molecule is O=C(Cc1ccccc1)Nc1ccc(-c2ccc(C(=O)NCCCn3c(=O)c(-c4ccccc4)c4n(c3=O)CCCS4(=O)=O)cc2)cn1. The summed E-state index contributed by atoms with van der Waals surface area (Å²) < 4.78 is 28.2. The fourth-order valence-electron chi connectivity index (χ4n) is 5.72. The Morgan fingerprint density at radius 2 is 1.50 bits per heavy atom. The highest BCUT2D eigenvalue weighted by atomic mass is 32.2. The van der Waals surface area contributed by atoms with Crippen molar-refractivity contribution in [3.63, 3.8) is 0 Å². The lowest BCUT2D eigenvalue weighted by atomic mass is 10.1. The number of sulfone groups is 1. The van der Waals surface area contributed by atoms with E-state index in [-0.39, 0.29) is 67.1 Å². The molecule has 6 rings (SSSR count). The van der Waals surface area contributed by atoms with Gasteiger partial charge in [-0.05, 0) is 53.8 Å². The number of fused-ring (bicyclic) bond motifs is 1. The van der Waals surface area contributed by atoms with E-state index in [1.165, 1.54) is 4.57 Å². The molecule has 3 heterocycles. The molecule has 12 heteroatoms. The first-order valence-corrected chi connectivity index (χ1v) is 17.2. The Bertz CT molecular complexity index is 2180. The van der Waals surface area contributed by atoms with E-state index in [9.17, 15) is 27.6 Å².